The van der Waals surface area contributed by atoms with E-state index in [1.165, 1.54) is 0 Å². The molecule has 0 heterocycles. The van der Waals surface area contributed by atoms with Crippen LogP contribution in [0.2, 0.25) is 0 Å². The van der Waals surface area contributed by atoms with Crippen LogP contribution in [-0.4, -0.2) is 33.9 Å². The molecule has 4 heteroatoms. The van der Waals surface area contributed by atoms with Crippen LogP contribution < -0.4 is 0 Å². The van der Waals surface area contributed by atoms with E-state index in [4.69, 9.17) is 0 Å². The lowest BCUT2D eigenvalue weighted by Gasteiger charge is -2.26. The van der Waals surface area contributed by atoms with Crippen LogP contribution in [0.5, 0.6) is 0 Å². The molecule has 1 rings (SSSR count). The van der Waals surface area contributed by atoms with Gasteiger partial charge in [0.2, 0.25) is 0 Å². The van der Waals surface area contributed by atoms with Crippen molar-refractivity contribution in [1.82, 2.24) is 5.06 Å². The molecule has 0 aliphatic rings. The van der Waals surface area contributed by atoms with Gasteiger partial charge in [-0.2, -0.15) is 0 Å². The van der Waals surface area contributed by atoms with Crippen LogP contribution in [0, 0.1) is 20.8 Å². The highest BCUT2D eigenvalue weighted by atomic mass is 16.5. The van der Waals surface area contributed by atoms with E-state index in [2.05, 4.69) is 6.58 Å². The summed E-state index contributed by atoms with van der Waals surface area (Å²) in [7, 11) is 0. The van der Waals surface area contributed by atoms with E-state index >= 15 is 0 Å². The molecule has 0 saturated carbocycles. The summed E-state index contributed by atoms with van der Waals surface area (Å²) in [6.07, 6.45) is 0. The number of carbonyl (C=O) groups excluding carboxylic acids is 1. The van der Waals surface area contributed by atoms with Gasteiger partial charge >= 0.3 is 0 Å². The Bertz CT molecular complexity index is 485. The quantitative estimate of drug-likeness (QED) is 0.498. The summed E-state index contributed by atoms with van der Waals surface area (Å²) in [4.78, 5) is 12.3. The fourth-order valence-corrected chi connectivity index (χ4v) is 2.22. The lowest BCUT2D eigenvalue weighted by atomic mass is 9.98. The van der Waals surface area contributed by atoms with Crippen molar-refractivity contribution in [2.75, 3.05) is 6.61 Å². The maximum atomic E-state index is 12.3. The minimum atomic E-state index is -0.785. The van der Waals surface area contributed by atoms with Crippen LogP contribution in [0.1, 0.15) is 34.0 Å². The van der Waals surface area contributed by atoms with E-state index in [-0.39, 0.29) is 6.61 Å². The molecule has 0 spiro atoms. The summed E-state index contributed by atoms with van der Waals surface area (Å²) in [5.74, 6) is -0.517. The fourth-order valence-electron chi connectivity index (χ4n) is 2.22. The Hall–Kier alpha value is -1.65. The summed E-state index contributed by atoms with van der Waals surface area (Å²) >= 11 is 0. The fraction of sp³-hybridized carbons (Fsp3) is 0.400. The van der Waals surface area contributed by atoms with Gasteiger partial charge in [0.25, 0.3) is 5.91 Å². The van der Waals surface area contributed by atoms with Gasteiger partial charge in [0.1, 0.15) is 6.04 Å². The van der Waals surface area contributed by atoms with Crippen molar-refractivity contribution in [3.8, 4) is 0 Å². The number of hydroxylamine groups is 2. The molecule has 19 heavy (non-hydrogen) atoms. The Morgan fingerprint density at radius 1 is 1.32 bits per heavy atom. The molecule has 104 valence electrons. The Morgan fingerprint density at radius 3 is 2.16 bits per heavy atom. The number of aliphatic hydroxyl groups is 1. The second-order valence-electron chi connectivity index (χ2n) is 4.97. The first-order chi connectivity index (χ1) is 8.79. The number of carbonyl (C=O) groups is 1. The molecule has 4 nitrogen and oxygen atoms in total. The van der Waals surface area contributed by atoms with Crippen molar-refractivity contribution in [2.45, 2.75) is 33.7 Å². The van der Waals surface area contributed by atoms with E-state index in [9.17, 15) is 15.1 Å². The lowest BCUT2D eigenvalue weighted by Crippen LogP contribution is -2.41. The summed E-state index contributed by atoms with van der Waals surface area (Å²) in [6.45, 7) is 10.6. The molecule has 0 radical (unpaired) electrons. The van der Waals surface area contributed by atoms with Crippen LogP contribution >= 0.6 is 0 Å². The van der Waals surface area contributed by atoms with Gasteiger partial charge in [-0.3, -0.25) is 10.0 Å². The molecule has 0 aromatic heterocycles. The number of nitrogens with zero attached hydrogens (tertiary/aromatic N) is 1. The average molecular weight is 263 g/mol. The number of amides is 1. The van der Waals surface area contributed by atoms with Crippen LogP contribution in [0.25, 0.3) is 0 Å². The Kier molecular flexibility index (Phi) is 4.86. The first kappa shape index (κ1) is 15.4. The van der Waals surface area contributed by atoms with Gasteiger partial charge in [0, 0.05) is 5.56 Å². The molecule has 1 aromatic rings. The SMILES string of the molecule is C=C(C)C(CO)N(O)C(=O)c1c(C)cc(C)cc1C. The Morgan fingerprint density at radius 2 is 1.79 bits per heavy atom. The topological polar surface area (TPSA) is 60.8 Å². The predicted molar refractivity (Wildman–Crippen MR) is 74.3 cm³/mol. The third kappa shape index (κ3) is 3.22. The third-order valence-corrected chi connectivity index (χ3v) is 3.14. The van der Waals surface area contributed by atoms with Crippen molar-refractivity contribution >= 4 is 5.91 Å². The van der Waals surface area contributed by atoms with Crippen molar-refractivity contribution in [3.05, 3.63) is 46.5 Å². The summed E-state index contributed by atoms with van der Waals surface area (Å²) in [6, 6.07) is 3.00. The molecule has 0 aliphatic heterocycles. The molecule has 0 aliphatic carbocycles. The zero-order chi connectivity index (χ0) is 14.7. The Labute approximate surface area is 113 Å². The molecule has 1 aromatic carbocycles. The first-order valence-corrected chi connectivity index (χ1v) is 6.16. The number of aryl methyl sites for hydroxylation is 3. The van der Waals surface area contributed by atoms with Crippen molar-refractivity contribution in [3.63, 3.8) is 0 Å². The maximum absolute atomic E-state index is 12.3. The third-order valence-electron chi connectivity index (χ3n) is 3.14. The van der Waals surface area contributed by atoms with Gasteiger partial charge in [0.15, 0.2) is 0 Å². The summed E-state index contributed by atoms with van der Waals surface area (Å²) in [5.41, 5.74) is 3.67. The summed E-state index contributed by atoms with van der Waals surface area (Å²) < 4.78 is 0. The van der Waals surface area contributed by atoms with Crippen molar-refractivity contribution in [2.24, 2.45) is 0 Å². The molecule has 0 bridgehead atoms. The lowest BCUT2D eigenvalue weighted by molar-refractivity contribution is -0.0895. The van der Waals surface area contributed by atoms with Crippen molar-refractivity contribution in [1.29, 1.82) is 0 Å². The van der Waals surface area contributed by atoms with Crippen LogP contribution in [0.3, 0.4) is 0 Å². The predicted octanol–water partition coefficient (Wildman–Crippen LogP) is 2.38. The van der Waals surface area contributed by atoms with Crippen LogP contribution in [0.4, 0.5) is 0 Å². The van der Waals surface area contributed by atoms with E-state index in [1.54, 1.807) is 6.92 Å². The van der Waals surface area contributed by atoms with E-state index in [0.29, 0.717) is 16.2 Å². The minimum absolute atomic E-state index is 0.360. The van der Waals surface area contributed by atoms with Crippen molar-refractivity contribution < 1.29 is 15.1 Å². The van der Waals surface area contributed by atoms with Crippen LogP contribution in [-0.2, 0) is 0 Å². The molecule has 1 unspecified atom stereocenters. The number of aliphatic hydroxyl groups excluding tert-OH is 1. The van der Waals surface area contributed by atoms with E-state index < -0.39 is 11.9 Å². The number of benzene rings is 1. The maximum Gasteiger partial charge on any atom is 0.278 e. The van der Waals surface area contributed by atoms with Gasteiger partial charge in [-0.25, -0.2) is 5.06 Å². The second kappa shape index (κ2) is 5.99. The van der Waals surface area contributed by atoms with E-state index in [0.717, 1.165) is 16.7 Å². The standard InChI is InChI=1S/C15H21NO3/c1-9(2)13(8-17)16(19)15(18)14-11(4)6-10(3)7-12(14)5/h6-7,13,17,19H,1,8H2,2-5H3. The first-order valence-electron chi connectivity index (χ1n) is 6.16. The van der Waals surface area contributed by atoms with E-state index in [1.807, 2.05) is 32.9 Å². The molecule has 0 fully saturated rings. The molecule has 0 saturated heterocycles. The zero-order valence-electron chi connectivity index (χ0n) is 11.9. The normalized spacial score (nSPS) is 12.1. The van der Waals surface area contributed by atoms with Gasteiger partial charge in [-0.05, 0) is 38.8 Å². The molecular weight excluding hydrogens is 242 g/mol. The average Bonchev–Trinajstić information content (AvgIpc) is 2.27. The second-order valence-corrected chi connectivity index (χ2v) is 4.97. The number of rotatable bonds is 4. The van der Waals surface area contributed by atoms with Crippen LogP contribution in [0.15, 0.2) is 24.3 Å². The van der Waals surface area contributed by atoms with Gasteiger partial charge < -0.3 is 5.11 Å². The largest absolute Gasteiger partial charge is 0.394 e. The highest BCUT2D eigenvalue weighted by Gasteiger charge is 2.25. The van der Waals surface area contributed by atoms with Gasteiger partial charge in [-0.1, -0.05) is 29.8 Å². The molecular formula is C15H21NO3. The van der Waals surface area contributed by atoms with Gasteiger partial charge in [-0.15, -0.1) is 0 Å². The smallest absolute Gasteiger partial charge is 0.278 e. The number of hydrogen-bond acceptors (Lipinski definition) is 3. The molecule has 2 N–H and O–H groups in total. The summed E-state index contributed by atoms with van der Waals surface area (Å²) in [5, 5.41) is 19.8. The van der Waals surface area contributed by atoms with Gasteiger partial charge in [0.05, 0.1) is 6.61 Å². The molecule has 1 atom stereocenters. The highest BCUT2D eigenvalue weighted by molar-refractivity contribution is 5.96. The minimum Gasteiger partial charge on any atom is -0.394 e. The molecule has 1 amide bonds. The monoisotopic (exact) mass is 263 g/mol. The number of hydrogen-bond donors (Lipinski definition) is 2. The Balaban J connectivity index is 3.17. The zero-order valence-corrected chi connectivity index (χ0v) is 11.9. The highest BCUT2D eigenvalue weighted by Crippen LogP contribution is 2.20.